The summed E-state index contributed by atoms with van der Waals surface area (Å²) in [5, 5.41) is 12.3. The quantitative estimate of drug-likeness (QED) is 0.703. The molecule has 110 valence electrons. The third-order valence-electron chi connectivity index (χ3n) is 3.88. The molecule has 0 aliphatic carbocycles. The second-order valence-electron chi connectivity index (χ2n) is 5.31. The number of nitrogens with zero attached hydrogens (tertiary/aromatic N) is 1. The van der Waals surface area contributed by atoms with Gasteiger partial charge >= 0.3 is 0 Å². The summed E-state index contributed by atoms with van der Waals surface area (Å²) in [5.74, 6) is 0.118. The van der Waals surface area contributed by atoms with E-state index in [1.807, 2.05) is 0 Å². The summed E-state index contributed by atoms with van der Waals surface area (Å²) < 4.78 is 23.1. The second-order valence-corrected chi connectivity index (χ2v) is 7.54. The number of piperidine rings is 1. The molecule has 2 atom stereocenters. The minimum atomic E-state index is -3.02. The molecule has 2 N–H and O–H groups in total. The molecule has 0 aromatic carbocycles. The van der Waals surface area contributed by atoms with Gasteiger partial charge in [-0.1, -0.05) is 6.42 Å². The monoisotopic (exact) mass is 290 g/mol. The Balaban J connectivity index is 2.04. The van der Waals surface area contributed by atoms with Crippen LogP contribution in [0.5, 0.6) is 0 Å². The Bertz CT molecular complexity index is 417. The number of rotatable bonds is 4. The number of hydrogen-bond donors (Lipinski definition) is 2. The lowest BCUT2D eigenvalue weighted by molar-refractivity contribution is -0.136. The molecular formula is C12H22N2O4S. The van der Waals surface area contributed by atoms with Gasteiger partial charge in [-0.3, -0.25) is 4.79 Å². The molecule has 0 spiro atoms. The molecule has 2 fully saturated rings. The van der Waals surface area contributed by atoms with Crippen LogP contribution in [0.2, 0.25) is 0 Å². The van der Waals surface area contributed by atoms with E-state index in [1.165, 1.54) is 0 Å². The Kier molecular flexibility index (Phi) is 4.81. The maximum Gasteiger partial charge on any atom is 0.240 e. The first-order valence-electron chi connectivity index (χ1n) is 6.88. The standard InChI is InChI=1S/C12H22N2O4S/c15-7-6-14(10-4-8-19(17,18)9-10)12(16)11-3-1-2-5-13-11/h10-11,13,15H,1-9H2. The molecule has 2 unspecified atom stereocenters. The number of carbonyl (C=O) groups excluding carboxylic acids is 1. The van der Waals surface area contributed by atoms with E-state index in [1.54, 1.807) is 4.90 Å². The van der Waals surface area contributed by atoms with Crippen molar-refractivity contribution in [1.29, 1.82) is 0 Å². The Morgan fingerprint density at radius 2 is 2.11 bits per heavy atom. The summed E-state index contributed by atoms with van der Waals surface area (Å²) >= 11 is 0. The first-order valence-corrected chi connectivity index (χ1v) is 8.71. The molecular weight excluding hydrogens is 268 g/mol. The fourth-order valence-electron chi connectivity index (χ4n) is 2.86. The zero-order chi connectivity index (χ0) is 13.9. The first kappa shape index (κ1) is 14.7. The maximum absolute atomic E-state index is 12.4. The zero-order valence-electron chi connectivity index (χ0n) is 11.0. The van der Waals surface area contributed by atoms with Crippen molar-refractivity contribution in [1.82, 2.24) is 10.2 Å². The Morgan fingerprint density at radius 3 is 2.63 bits per heavy atom. The average molecular weight is 290 g/mol. The molecule has 0 radical (unpaired) electrons. The fraction of sp³-hybridized carbons (Fsp3) is 0.917. The van der Waals surface area contributed by atoms with Gasteiger partial charge in [0.05, 0.1) is 24.2 Å². The largest absolute Gasteiger partial charge is 0.395 e. The second kappa shape index (κ2) is 6.19. The van der Waals surface area contributed by atoms with Gasteiger partial charge in [-0.2, -0.15) is 0 Å². The number of amides is 1. The average Bonchev–Trinajstić information content (AvgIpc) is 2.76. The lowest BCUT2D eigenvalue weighted by Gasteiger charge is -2.33. The van der Waals surface area contributed by atoms with Gasteiger partial charge in [0.15, 0.2) is 9.84 Å². The van der Waals surface area contributed by atoms with E-state index < -0.39 is 9.84 Å². The summed E-state index contributed by atoms with van der Waals surface area (Å²) in [6.45, 7) is 0.915. The lowest BCUT2D eigenvalue weighted by atomic mass is 10.0. The van der Waals surface area contributed by atoms with Gasteiger partial charge in [-0.15, -0.1) is 0 Å². The summed E-state index contributed by atoms with van der Waals surface area (Å²) in [5.41, 5.74) is 0. The summed E-state index contributed by atoms with van der Waals surface area (Å²) in [4.78, 5) is 14.0. The van der Waals surface area contributed by atoms with E-state index in [9.17, 15) is 13.2 Å². The van der Waals surface area contributed by atoms with Crippen molar-refractivity contribution in [3.8, 4) is 0 Å². The summed E-state index contributed by atoms with van der Waals surface area (Å²) in [6, 6.07) is -0.489. The Morgan fingerprint density at radius 1 is 1.32 bits per heavy atom. The fourth-order valence-corrected chi connectivity index (χ4v) is 4.60. The van der Waals surface area contributed by atoms with Crippen LogP contribution in [0.3, 0.4) is 0 Å². The molecule has 0 aromatic heterocycles. The maximum atomic E-state index is 12.4. The number of aliphatic hydroxyl groups excluding tert-OH is 1. The van der Waals surface area contributed by atoms with E-state index in [2.05, 4.69) is 5.32 Å². The highest BCUT2D eigenvalue weighted by Crippen LogP contribution is 2.20. The molecule has 2 aliphatic heterocycles. The Labute approximate surface area is 114 Å². The van der Waals surface area contributed by atoms with Gasteiger partial charge in [0.2, 0.25) is 5.91 Å². The van der Waals surface area contributed by atoms with Gasteiger partial charge in [0.25, 0.3) is 0 Å². The SMILES string of the molecule is O=C(C1CCCCN1)N(CCO)C1CCS(=O)(=O)C1. The predicted octanol–water partition coefficient (Wildman–Crippen LogP) is -0.863. The van der Waals surface area contributed by atoms with E-state index in [0.717, 1.165) is 25.8 Å². The lowest BCUT2D eigenvalue weighted by Crippen LogP contribution is -2.53. The first-order chi connectivity index (χ1) is 9.03. The van der Waals surface area contributed by atoms with Crippen molar-refractivity contribution >= 4 is 15.7 Å². The van der Waals surface area contributed by atoms with Crippen LogP contribution in [0, 0.1) is 0 Å². The van der Waals surface area contributed by atoms with Crippen LogP contribution in [0.15, 0.2) is 0 Å². The number of sulfone groups is 1. The van der Waals surface area contributed by atoms with Crippen molar-refractivity contribution in [2.45, 2.75) is 37.8 Å². The molecule has 1 amide bonds. The highest BCUT2D eigenvalue weighted by atomic mass is 32.2. The summed E-state index contributed by atoms with van der Waals surface area (Å²) in [6.07, 6.45) is 3.36. The third-order valence-corrected chi connectivity index (χ3v) is 5.63. The molecule has 0 saturated carbocycles. The molecule has 6 nitrogen and oxygen atoms in total. The smallest absolute Gasteiger partial charge is 0.240 e. The molecule has 0 bridgehead atoms. The van der Waals surface area contributed by atoms with Crippen molar-refractivity contribution in [2.24, 2.45) is 0 Å². The van der Waals surface area contributed by atoms with Crippen molar-refractivity contribution in [2.75, 3.05) is 31.2 Å². The minimum absolute atomic E-state index is 0.0332. The number of carbonyl (C=O) groups is 1. The van der Waals surface area contributed by atoms with Gasteiger partial charge in [-0.25, -0.2) is 8.42 Å². The number of aliphatic hydroxyl groups is 1. The molecule has 7 heteroatoms. The molecule has 0 aromatic rings. The van der Waals surface area contributed by atoms with Gasteiger partial charge in [0, 0.05) is 12.6 Å². The van der Waals surface area contributed by atoms with Gasteiger partial charge < -0.3 is 15.3 Å². The van der Waals surface area contributed by atoms with Gasteiger partial charge in [0.1, 0.15) is 0 Å². The van der Waals surface area contributed by atoms with Crippen LogP contribution >= 0.6 is 0 Å². The highest BCUT2D eigenvalue weighted by molar-refractivity contribution is 7.91. The number of hydrogen-bond acceptors (Lipinski definition) is 5. The molecule has 2 rings (SSSR count). The zero-order valence-corrected chi connectivity index (χ0v) is 11.9. The minimum Gasteiger partial charge on any atom is -0.395 e. The third kappa shape index (κ3) is 3.67. The van der Waals surface area contributed by atoms with Crippen molar-refractivity contribution in [3.05, 3.63) is 0 Å². The van der Waals surface area contributed by atoms with Crippen LogP contribution in [0.4, 0.5) is 0 Å². The Hall–Kier alpha value is -0.660. The van der Waals surface area contributed by atoms with Crippen molar-refractivity contribution in [3.63, 3.8) is 0 Å². The van der Waals surface area contributed by atoms with Crippen LogP contribution in [-0.2, 0) is 14.6 Å². The van der Waals surface area contributed by atoms with Crippen LogP contribution in [0.1, 0.15) is 25.7 Å². The van der Waals surface area contributed by atoms with Gasteiger partial charge in [-0.05, 0) is 25.8 Å². The van der Waals surface area contributed by atoms with E-state index >= 15 is 0 Å². The van der Waals surface area contributed by atoms with Crippen LogP contribution in [-0.4, -0.2) is 67.6 Å². The topological polar surface area (TPSA) is 86.7 Å². The van der Waals surface area contributed by atoms with E-state index in [-0.39, 0.29) is 42.6 Å². The molecule has 19 heavy (non-hydrogen) atoms. The van der Waals surface area contributed by atoms with Crippen molar-refractivity contribution < 1.29 is 18.3 Å². The molecule has 2 aliphatic rings. The van der Waals surface area contributed by atoms with Crippen LogP contribution < -0.4 is 5.32 Å². The van der Waals surface area contributed by atoms with Crippen LogP contribution in [0.25, 0.3) is 0 Å². The van der Waals surface area contributed by atoms with E-state index in [4.69, 9.17) is 5.11 Å². The normalized spacial score (nSPS) is 30.2. The number of nitrogens with one attached hydrogen (secondary N) is 1. The highest BCUT2D eigenvalue weighted by Gasteiger charge is 2.36. The molecule has 2 saturated heterocycles. The predicted molar refractivity (Wildman–Crippen MR) is 71.5 cm³/mol. The summed E-state index contributed by atoms with van der Waals surface area (Å²) in [7, 11) is -3.02. The van der Waals surface area contributed by atoms with E-state index in [0.29, 0.717) is 6.42 Å². The molecule has 2 heterocycles.